The lowest BCUT2D eigenvalue weighted by atomic mass is 10.2. The van der Waals surface area contributed by atoms with Gasteiger partial charge in [0.25, 0.3) is 0 Å². The number of nitrogens with zero attached hydrogens (tertiary/aromatic N) is 2. The Labute approximate surface area is 96.3 Å². The Morgan fingerprint density at radius 3 is 2.75 bits per heavy atom. The second-order valence-corrected chi connectivity index (χ2v) is 4.24. The average Bonchev–Trinajstić information content (AvgIpc) is 2.63. The summed E-state index contributed by atoms with van der Waals surface area (Å²) in [7, 11) is 2.10. The SMILES string of the molecule is Cn1c(CCCCC[NH3+])nc2ccccc21. The van der Waals surface area contributed by atoms with E-state index < -0.39 is 0 Å². The zero-order chi connectivity index (χ0) is 11.4. The molecule has 0 aliphatic heterocycles. The van der Waals surface area contributed by atoms with Crippen LogP contribution in [0.25, 0.3) is 11.0 Å². The van der Waals surface area contributed by atoms with Gasteiger partial charge in [-0.2, -0.15) is 0 Å². The molecule has 0 radical (unpaired) electrons. The van der Waals surface area contributed by atoms with Crippen molar-refractivity contribution >= 4 is 11.0 Å². The molecule has 2 aromatic rings. The van der Waals surface area contributed by atoms with Gasteiger partial charge in [0.1, 0.15) is 5.82 Å². The van der Waals surface area contributed by atoms with E-state index in [0.717, 1.165) is 18.5 Å². The number of fused-ring (bicyclic) bond motifs is 1. The molecule has 0 unspecified atom stereocenters. The van der Waals surface area contributed by atoms with E-state index in [-0.39, 0.29) is 0 Å². The van der Waals surface area contributed by atoms with Crippen molar-refractivity contribution in [3.05, 3.63) is 30.1 Å². The van der Waals surface area contributed by atoms with Crippen molar-refractivity contribution in [2.45, 2.75) is 25.7 Å². The van der Waals surface area contributed by atoms with E-state index in [1.54, 1.807) is 0 Å². The summed E-state index contributed by atoms with van der Waals surface area (Å²) in [4.78, 5) is 4.66. The highest BCUT2D eigenvalue weighted by atomic mass is 15.1. The van der Waals surface area contributed by atoms with Crippen molar-refractivity contribution < 1.29 is 5.73 Å². The van der Waals surface area contributed by atoms with E-state index in [1.807, 2.05) is 6.07 Å². The summed E-state index contributed by atoms with van der Waals surface area (Å²) in [5.74, 6) is 1.20. The van der Waals surface area contributed by atoms with Gasteiger partial charge in [0.05, 0.1) is 17.6 Å². The van der Waals surface area contributed by atoms with Crippen molar-refractivity contribution in [3.63, 3.8) is 0 Å². The Balaban J connectivity index is 2.09. The molecule has 16 heavy (non-hydrogen) atoms. The Bertz CT molecular complexity index is 459. The quantitative estimate of drug-likeness (QED) is 0.760. The fraction of sp³-hybridized carbons (Fsp3) is 0.462. The topological polar surface area (TPSA) is 45.5 Å². The zero-order valence-electron chi connectivity index (χ0n) is 9.95. The van der Waals surface area contributed by atoms with Crippen LogP contribution in [-0.2, 0) is 13.5 Å². The van der Waals surface area contributed by atoms with E-state index in [1.165, 1.54) is 30.6 Å². The second-order valence-electron chi connectivity index (χ2n) is 4.24. The summed E-state index contributed by atoms with van der Waals surface area (Å²) in [5.41, 5.74) is 6.20. The van der Waals surface area contributed by atoms with Crippen LogP contribution in [0.1, 0.15) is 25.1 Å². The highest BCUT2D eigenvalue weighted by molar-refractivity contribution is 5.75. The predicted octanol–water partition coefficient (Wildman–Crippen LogP) is 1.53. The first-order valence-corrected chi connectivity index (χ1v) is 6.02. The van der Waals surface area contributed by atoms with Crippen molar-refractivity contribution in [2.24, 2.45) is 7.05 Å². The smallest absolute Gasteiger partial charge is 0.109 e. The number of aromatic nitrogens is 2. The first-order valence-electron chi connectivity index (χ1n) is 6.02. The number of hydrogen-bond acceptors (Lipinski definition) is 1. The van der Waals surface area contributed by atoms with E-state index >= 15 is 0 Å². The molecule has 3 heteroatoms. The van der Waals surface area contributed by atoms with Crippen molar-refractivity contribution in [3.8, 4) is 0 Å². The number of hydrogen-bond donors (Lipinski definition) is 1. The van der Waals surface area contributed by atoms with Gasteiger partial charge in [-0.05, 0) is 31.4 Å². The first-order chi connectivity index (χ1) is 7.83. The first kappa shape index (κ1) is 11.1. The molecule has 0 aliphatic rings. The van der Waals surface area contributed by atoms with Crippen LogP contribution in [0.15, 0.2) is 24.3 Å². The summed E-state index contributed by atoms with van der Waals surface area (Å²) in [5, 5.41) is 0. The monoisotopic (exact) mass is 218 g/mol. The third-order valence-electron chi connectivity index (χ3n) is 3.03. The van der Waals surface area contributed by atoms with Crippen LogP contribution in [0.4, 0.5) is 0 Å². The van der Waals surface area contributed by atoms with Crippen molar-refractivity contribution in [1.82, 2.24) is 9.55 Å². The van der Waals surface area contributed by atoms with Crippen LogP contribution in [0.3, 0.4) is 0 Å². The van der Waals surface area contributed by atoms with Gasteiger partial charge in [0.2, 0.25) is 0 Å². The highest BCUT2D eigenvalue weighted by Crippen LogP contribution is 2.15. The molecule has 3 nitrogen and oxygen atoms in total. The van der Waals surface area contributed by atoms with Gasteiger partial charge in [0, 0.05) is 13.5 Å². The zero-order valence-corrected chi connectivity index (χ0v) is 9.95. The number of para-hydroxylation sites is 2. The van der Waals surface area contributed by atoms with E-state index in [9.17, 15) is 0 Å². The molecule has 0 fully saturated rings. The second kappa shape index (κ2) is 5.12. The molecular formula is C13H20N3+. The maximum absolute atomic E-state index is 4.66. The minimum Gasteiger partial charge on any atom is -0.358 e. The van der Waals surface area contributed by atoms with Crippen LogP contribution in [-0.4, -0.2) is 16.1 Å². The number of benzene rings is 1. The predicted molar refractivity (Wildman–Crippen MR) is 66.0 cm³/mol. The van der Waals surface area contributed by atoms with Crippen LogP contribution >= 0.6 is 0 Å². The van der Waals surface area contributed by atoms with Gasteiger partial charge in [-0.25, -0.2) is 4.98 Å². The van der Waals surface area contributed by atoms with E-state index in [2.05, 4.69) is 40.5 Å². The standard InChI is InChI=1S/C13H19N3/c1-16-12-8-5-4-7-11(12)15-13(16)9-3-2-6-10-14/h4-5,7-8H,2-3,6,9-10,14H2,1H3/p+1. The summed E-state index contributed by atoms with van der Waals surface area (Å²) in [6.45, 7) is 1.04. The molecule has 0 bridgehead atoms. The number of quaternary nitrogens is 1. The molecule has 0 amide bonds. The van der Waals surface area contributed by atoms with E-state index in [0.29, 0.717) is 0 Å². The molecule has 0 atom stereocenters. The fourth-order valence-electron chi connectivity index (χ4n) is 2.06. The normalized spacial score (nSPS) is 11.1. The van der Waals surface area contributed by atoms with Gasteiger partial charge in [-0.3, -0.25) is 0 Å². The average molecular weight is 218 g/mol. The highest BCUT2D eigenvalue weighted by Gasteiger charge is 2.05. The Morgan fingerprint density at radius 1 is 1.19 bits per heavy atom. The Morgan fingerprint density at radius 2 is 2.00 bits per heavy atom. The van der Waals surface area contributed by atoms with Crippen molar-refractivity contribution in [1.29, 1.82) is 0 Å². The van der Waals surface area contributed by atoms with Crippen molar-refractivity contribution in [2.75, 3.05) is 6.54 Å². The lowest BCUT2D eigenvalue weighted by Gasteiger charge is -2.01. The molecule has 1 aromatic heterocycles. The molecule has 3 N–H and O–H groups in total. The minimum absolute atomic E-state index is 1.04. The molecule has 0 saturated carbocycles. The molecule has 1 heterocycles. The Hall–Kier alpha value is -1.35. The van der Waals surface area contributed by atoms with Crippen LogP contribution in [0.5, 0.6) is 0 Å². The van der Waals surface area contributed by atoms with Crippen LogP contribution in [0.2, 0.25) is 0 Å². The lowest BCUT2D eigenvalue weighted by Crippen LogP contribution is -2.50. The maximum Gasteiger partial charge on any atom is 0.109 e. The molecule has 2 rings (SSSR count). The summed E-state index contributed by atoms with van der Waals surface area (Å²) in [6.07, 6.45) is 4.77. The Kier molecular flexibility index (Phi) is 3.57. The molecule has 0 saturated heterocycles. The molecule has 1 aromatic carbocycles. The van der Waals surface area contributed by atoms with Gasteiger partial charge >= 0.3 is 0 Å². The van der Waals surface area contributed by atoms with E-state index in [4.69, 9.17) is 0 Å². The number of unbranched alkanes of at least 4 members (excludes halogenated alkanes) is 2. The minimum atomic E-state index is 1.04. The summed E-state index contributed by atoms with van der Waals surface area (Å²) in [6, 6.07) is 8.31. The van der Waals surface area contributed by atoms with Crippen LogP contribution < -0.4 is 5.73 Å². The number of rotatable bonds is 5. The molecule has 0 spiro atoms. The number of aryl methyl sites for hydroxylation is 2. The summed E-state index contributed by atoms with van der Waals surface area (Å²) >= 11 is 0. The molecule has 0 aliphatic carbocycles. The molecule has 86 valence electrons. The maximum atomic E-state index is 4.66. The largest absolute Gasteiger partial charge is 0.358 e. The van der Waals surface area contributed by atoms with Gasteiger partial charge in [-0.1, -0.05) is 12.1 Å². The summed E-state index contributed by atoms with van der Waals surface area (Å²) < 4.78 is 2.21. The van der Waals surface area contributed by atoms with Crippen LogP contribution in [0, 0.1) is 0 Å². The van der Waals surface area contributed by atoms with Gasteiger partial charge in [-0.15, -0.1) is 0 Å². The number of imidazole rings is 1. The molecular weight excluding hydrogens is 198 g/mol. The van der Waals surface area contributed by atoms with Gasteiger partial charge < -0.3 is 10.3 Å². The third-order valence-corrected chi connectivity index (χ3v) is 3.03. The van der Waals surface area contributed by atoms with Gasteiger partial charge in [0.15, 0.2) is 0 Å². The lowest BCUT2D eigenvalue weighted by molar-refractivity contribution is -0.368. The third kappa shape index (κ3) is 2.25. The fourth-order valence-corrected chi connectivity index (χ4v) is 2.06.